The van der Waals surface area contributed by atoms with Crippen LogP contribution in [0.4, 0.5) is 0 Å². The molecule has 110 valence electrons. The quantitative estimate of drug-likeness (QED) is 0.934. The van der Waals surface area contributed by atoms with Gasteiger partial charge in [0.15, 0.2) is 0 Å². The first-order chi connectivity index (χ1) is 10.2. The largest absolute Gasteiger partial charge is 0.380 e. The van der Waals surface area contributed by atoms with Crippen LogP contribution in [0, 0.1) is 5.92 Å². The van der Waals surface area contributed by atoms with Gasteiger partial charge in [-0.05, 0) is 24.8 Å². The third kappa shape index (κ3) is 2.68. The Morgan fingerprint density at radius 2 is 1.71 bits per heavy atom. The summed E-state index contributed by atoms with van der Waals surface area (Å²) in [5, 5.41) is 12.2. The molecule has 4 heteroatoms. The van der Waals surface area contributed by atoms with Gasteiger partial charge >= 0.3 is 0 Å². The molecule has 1 unspecified atom stereocenters. The van der Waals surface area contributed by atoms with Crippen molar-refractivity contribution in [1.29, 1.82) is 0 Å². The van der Waals surface area contributed by atoms with E-state index in [-0.39, 0.29) is 5.92 Å². The number of benzene rings is 1. The molecular formula is C17H19ClN2O. The molecule has 1 heterocycles. The molecule has 3 nitrogen and oxygen atoms in total. The maximum Gasteiger partial charge on any atom is 0.122 e. The van der Waals surface area contributed by atoms with E-state index in [1.807, 2.05) is 24.3 Å². The number of rotatable bonds is 3. The molecule has 1 aliphatic carbocycles. The van der Waals surface area contributed by atoms with Crippen LogP contribution in [0.2, 0.25) is 5.02 Å². The summed E-state index contributed by atoms with van der Waals surface area (Å²) in [6.07, 6.45) is 10.4. The lowest BCUT2D eigenvalue weighted by Crippen LogP contribution is -2.38. The third-order valence-corrected chi connectivity index (χ3v) is 4.81. The van der Waals surface area contributed by atoms with Crippen LogP contribution in [0.15, 0.2) is 43.0 Å². The van der Waals surface area contributed by atoms with Crippen molar-refractivity contribution in [3.63, 3.8) is 0 Å². The van der Waals surface area contributed by atoms with E-state index in [9.17, 15) is 5.11 Å². The van der Waals surface area contributed by atoms with Gasteiger partial charge in [-0.25, -0.2) is 9.97 Å². The van der Waals surface area contributed by atoms with Gasteiger partial charge in [0.1, 0.15) is 11.9 Å². The molecule has 1 aromatic carbocycles. The summed E-state index contributed by atoms with van der Waals surface area (Å²) in [6.45, 7) is 0. The topological polar surface area (TPSA) is 46.0 Å². The van der Waals surface area contributed by atoms with Gasteiger partial charge in [-0.2, -0.15) is 0 Å². The predicted molar refractivity (Wildman–Crippen MR) is 83.1 cm³/mol. The van der Waals surface area contributed by atoms with Crippen molar-refractivity contribution < 1.29 is 5.11 Å². The molecule has 0 spiro atoms. The fraction of sp³-hybridized carbons (Fsp3) is 0.412. The Labute approximate surface area is 130 Å². The second-order valence-corrected chi connectivity index (χ2v) is 6.12. The standard InChI is InChI=1S/C17H19ClN2O/c18-16-9-5-4-8-15(16)17(21,13-6-2-1-3-7-13)14-10-19-12-20-11-14/h4-5,8-13,21H,1-3,6-7H2. The van der Waals surface area contributed by atoms with Crippen LogP contribution in [-0.4, -0.2) is 15.1 Å². The molecule has 1 N–H and O–H groups in total. The lowest BCUT2D eigenvalue weighted by molar-refractivity contribution is -0.00121. The summed E-state index contributed by atoms with van der Waals surface area (Å²) in [6, 6.07) is 7.53. The molecule has 0 saturated heterocycles. The van der Waals surface area contributed by atoms with Gasteiger partial charge in [-0.1, -0.05) is 49.1 Å². The summed E-state index contributed by atoms with van der Waals surface area (Å²) >= 11 is 6.38. The Morgan fingerprint density at radius 1 is 1.05 bits per heavy atom. The highest BCUT2D eigenvalue weighted by Crippen LogP contribution is 2.45. The minimum atomic E-state index is -1.11. The van der Waals surface area contributed by atoms with E-state index in [1.54, 1.807) is 12.4 Å². The van der Waals surface area contributed by atoms with Gasteiger partial charge < -0.3 is 5.11 Å². The first kappa shape index (κ1) is 14.5. The molecule has 3 rings (SSSR count). The molecule has 2 aromatic rings. The molecule has 1 fully saturated rings. The molecule has 1 saturated carbocycles. The highest BCUT2D eigenvalue weighted by atomic mass is 35.5. The fourth-order valence-corrected chi connectivity index (χ4v) is 3.68. The Hall–Kier alpha value is -1.45. The Kier molecular flexibility index (Phi) is 4.22. The SMILES string of the molecule is OC(c1cncnc1)(c1ccccc1Cl)C1CCCCC1. The molecule has 0 radical (unpaired) electrons. The molecule has 1 aliphatic rings. The normalized spacial score (nSPS) is 19.1. The van der Waals surface area contributed by atoms with E-state index in [0.717, 1.165) is 36.8 Å². The molecule has 0 amide bonds. The molecule has 0 aliphatic heterocycles. The number of nitrogens with zero attached hydrogens (tertiary/aromatic N) is 2. The smallest absolute Gasteiger partial charge is 0.122 e. The number of aromatic nitrogens is 2. The van der Waals surface area contributed by atoms with Crippen LogP contribution in [0.5, 0.6) is 0 Å². The van der Waals surface area contributed by atoms with Crippen molar-refractivity contribution in [2.24, 2.45) is 5.92 Å². The van der Waals surface area contributed by atoms with Crippen LogP contribution >= 0.6 is 11.6 Å². The molecule has 21 heavy (non-hydrogen) atoms. The monoisotopic (exact) mass is 302 g/mol. The maximum atomic E-state index is 11.6. The number of halogens is 1. The van der Waals surface area contributed by atoms with E-state index in [2.05, 4.69) is 9.97 Å². The zero-order valence-electron chi connectivity index (χ0n) is 11.9. The molecular weight excluding hydrogens is 284 g/mol. The summed E-state index contributed by atoms with van der Waals surface area (Å²) in [5.41, 5.74) is 0.374. The average Bonchev–Trinajstić information content (AvgIpc) is 2.56. The molecule has 1 atom stereocenters. The first-order valence-electron chi connectivity index (χ1n) is 7.46. The second kappa shape index (κ2) is 6.12. The lowest BCUT2D eigenvalue weighted by atomic mass is 9.70. The maximum absolute atomic E-state index is 11.6. The minimum Gasteiger partial charge on any atom is -0.380 e. The van der Waals surface area contributed by atoms with E-state index < -0.39 is 5.60 Å². The second-order valence-electron chi connectivity index (χ2n) is 5.71. The Balaban J connectivity index is 2.12. The van der Waals surface area contributed by atoms with Crippen molar-refractivity contribution in [2.45, 2.75) is 37.7 Å². The van der Waals surface area contributed by atoms with Crippen molar-refractivity contribution in [2.75, 3.05) is 0 Å². The van der Waals surface area contributed by atoms with Crippen molar-refractivity contribution in [3.8, 4) is 0 Å². The van der Waals surface area contributed by atoms with Crippen LogP contribution in [0.1, 0.15) is 43.2 Å². The van der Waals surface area contributed by atoms with Crippen molar-refractivity contribution in [1.82, 2.24) is 9.97 Å². The van der Waals surface area contributed by atoms with Crippen molar-refractivity contribution >= 4 is 11.6 Å². The zero-order valence-corrected chi connectivity index (χ0v) is 12.6. The van der Waals surface area contributed by atoms with E-state index in [1.165, 1.54) is 12.7 Å². The molecule has 0 bridgehead atoms. The van der Waals surface area contributed by atoms with E-state index in [4.69, 9.17) is 11.6 Å². The van der Waals surface area contributed by atoms with Gasteiger partial charge in [-0.3, -0.25) is 0 Å². The van der Waals surface area contributed by atoms with Crippen LogP contribution < -0.4 is 0 Å². The third-order valence-electron chi connectivity index (χ3n) is 4.48. The summed E-state index contributed by atoms with van der Waals surface area (Å²) in [5.74, 6) is 0.150. The zero-order chi connectivity index (χ0) is 14.7. The number of hydrogen-bond acceptors (Lipinski definition) is 3. The minimum absolute atomic E-state index is 0.150. The Morgan fingerprint density at radius 3 is 2.38 bits per heavy atom. The van der Waals surface area contributed by atoms with Gasteiger partial charge in [0.05, 0.1) is 0 Å². The lowest BCUT2D eigenvalue weighted by Gasteiger charge is -2.39. The fourth-order valence-electron chi connectivity index (χ4n) is 3.40. The van der Waals surface area contributed by atoms with Crippen molar-refractivity contribution in [3.05, 3.63) is 59.1 Å². The summed E-state index contributed by atoms with van der Waals surface area (Å²) < 4.78 is 0. The van der Waals surface area contributed by atoms with Gasteiger partial charge in [-0.15, -0.1) is 0 Å². The van der Waals surface area contributed by atoms with Crippen LogP contribution in [-0.2, 0) is 5.60 Å². The van der Waals surface area contributed by atoms with Gasteiger partial charge in [0.2, 0.25) is 0 Å². The first-order valence-corrected chi connectivity index (χ1v) is 7.83. The van der Waals surface area contributed by atoms with Gasteiger partial charge in [0, 0.05) is 28.5 Å². The predicted octanol–water partition coefficient (Wildman–Crippen LogP) is 3.95. The highest BCUT2D eigenvalue weighted by Gasteiger charge is 2.42. The van der Waals surface area contributed by atoms with E-state index in [0.29, 0.717) is 5.02 Å². The van der Waals surface area contributed by atoms with Gasteiger partial charge in [0.25, 0.3) is 0 Å². The van der Waals surface area contributed by atoms with Crippen LogP contribution in [0.25, 0.3) is 0 Å². The highest BCUT2D eigenvalue weighted by molar-refractivity contribution is 6.31. The Bertz CT molecular complexity index is 599. The number of hydrogen-bond donors (Lipinski definition) is 1. The summed E-state index contributed by atoms with van der Waals surface area (Å²) in [4.78, 5) is 8.17. The molecule has 1 aromatic heterocycles. The van der Waals surface area contributed by atoms with E-state index >= 15 is 0 Å². The van der Waals surface area contributed by atoms with Crippen LogP contribution in [0.3, 0.4) is 0 Å². The average molecular weight is 303 g/mol. The summed E-state index contributed by atoms with van der Waals surface area (Å²) in [7, 11) is 0. The number of aliphatic hydroxyl groups is 1.